The van der Waals surface area contributed by atoms with Crippen molar-refractivity contribution in [2.45, 2.75) is 38.8 Å². The zero-order valence-electron chi connectivity index (χ0n) is 18.0. The summed E-state index contributed by atoms with van der Waals surface area (Å²) in [5.41, 5.74) is 3.40. The van der Waals surface area contributed by atoms with Crippen molar-refractivity contribution in [2.24, 2.45) is 0 Å². The summed E-state index contributed by atoms with van der Waals surface area (Å²) in [6.07, 6.45) is 0. The molecule has 0 aliphatic carbocycles. The van der Waals surface area contributed by atoms with Crippen molar-refractivity contribution in [3.63, 3.8) is 0 Å². The number of nitrogens with zero attached hydrogens (tertiary/aromatic N) is 4. The zero-order valence-corrected chi connectivity index (χ0v) is 18.8. The number of urea groups is 1. The normalized spacial score (nSPS) is 11.7. The summed E-state index contributed by atoms with van der Waals surface area (Å²) in [4.78, 5) is 12.2. The Hall–Kier alpha value is -2.98. The average Bonchev–Trinajstić information content (AvgIpc) is 3.16. The Bertz CT molecular complexity index is 1140. The van der Waals surface area contributed by atoms with Gasteiger partial charge in [-0.1, -0.05) is 48.9 Å². The number of hydrogen-bond donors (Lipinski definition) is 2. The van der Waals surface area contributed by atoms with Gasteiger partial charge in [0, 0.05) is 26.2 Å². The molecule has 9 nitrogen and oxygen atoms in total. The first-order chi connectivity index (χ1) is 14.8. The Morgan fingerprint density at radius 2 is 1.77 bits per heavy atom. The molecule has 1 aromatic heterocycles. The minimum atomic E-state index is -3.55. The summed E-state index contributed by atoms with van der Waals surface area (Å²) in [6, 6.07) is 12.5. The highest BCUT2D eigenvalue weighted by Gasteiger charge is 2.22. The number of benzene rings is 2. The maximum Gasteiger partial charge on any atom is 0.315 e. The van der Waals surface area contributed by atoms with Crippen LogP contribution in [0, 0.1) is 6.92 Å². The third-order valence-corrected chi connectivity index (χ3v) is 7.06. The number of fused-ring (bicyclic) bond motifs is 1. The highest BCUT2D eigenvalue weighted by Crippen LogP contribution is 2.20. The lowest BCUT2D eigenvalue weighted by molar-refractivity contribution is 0.240. The van der Waals surface area contributed by atoms with E-state index >= 15 is 0 Å². The minimum Gasteiger partial charge on any atom is -0.336 e. The summed E-state index contributed by atoms with van der Waals surface area (Å²) in [6.45, 7) is 7.65. The van der Waals surface area contributed by atoms with Gasteiger partial charge in [0.2, 0.25) is 10.0 Å². The van der Waals surface area contributed by atoms with Crippen LogP contribution in [0.2, 0.25) is 0 Å². The van der Waals surface area contributed by atoms with Crippen LogP contribution in [0.25, 0.3) is 11.0 Å². The molecular formula is C21H28N6O3S. The van der Waals surface area contributed by atoms with Crippen LogP contribution in [0.4, 0.5) is 4.79 Å². The van der Waals surface area contributed by atoms with E-state index in [1.54, 1.807) is 30.7 Å². The SMILES string of the molecule is CCN(CC)S(=O)(=O)c1ccc2c(c1)nnn2CCNC(=O)NCc1ccc(C)cc1. The number of hydrogen-bond acceptors (Lipinski definition) is 5. The van der Waals surface area contributed by atoms with E-state index in [9.17, 15) is 13.2 Å². The van der Waals surface area contributed by atoms with Gasteiger partial charge in [-0.05, 0) is 30.7 Å². The maximum absolute atomic E-state index is 12.7. The molecule has 0 aliphatic rings. The lowest BCUT2D eigenvalue weighted by atomic mass is 10.1. The second kappa shape index (κ2) is 9.88. The lowest BCUT2D eigenvalue weighted by Crippen LogP contribution is -2.36. The van der Waals surface area contributed by atoms with E-state index in [0.29, 0.717) is 43.8 Å². The molecule has 166 valence electrons. The van der Waals surface area contributed by atoms with E-state index in [4.69, 9.17) is 0 Å². The van der Waals surface area contributed by atoms with Crippen molar-refractivity contribution in [1.82, 2.24) is 29.9 Å². The molecule has 0 atom stereocenters. The summed E-state index contributed by atoms with van der Waals surface area (Å²) >= 11 is 0. The summed E-state index contributed by atoms with van der Waals surface area (Å²) in [7, 11) is -3.55. The highest BCUT2D eigenvalue weighted by molar-refractivity contribution is 7.89. The Labute approximate surface area is 182 Å². The Morgan fingerprint density at radius 1 is 1.06 bits per heavy atom. The van der Waals surface area contributed by atoms with Gasteiger partial charge in [-0.2, -0.15) is 4.31 Å². The molecule has 0 radical (unpaired) electrons. The topological polar surface area (TPSA) is 109 Å². The number of aryl methyl sites for hydroxylation is 1. The molecule has 2 amide bonds. The van der Waals surface area contributed by atoms with Gasteiger partial charge in [-0.25, -0.2) is 17.9 Å². The molecule has 0 spiro atoms. The second-order valence-electron chi connectivity index (χ2n) is 7.15. The van der Waals surface area contributed by atoms with Crippen molar-refractivity contribution in [2.75, 3.05) is 19.6 Å². The number of carbonyl (C=O) groups excluding carboxylic acids is 1. The molecule has 0 unspecified atom stereocenters. The van der Waals surface area contributed by atoms with Crippen molar-refractivity contribution >= 4 is 27.1 Å². The van der Waals surface area contributed by atoms with Crippen LogP contribution in [0.1, 0.15) is 25.0 Å². The molecule has 3 rings (SSSR count). The van der Waals surface area contributed by atoms with Crippen LogP contribution in [0.5, 0.6) is 0 Å². The van der Waals surface area contributed by atoms with Gasteiger partial charge < -0.3 is 10.6 Å². The smallest absolute Gasteiger partial charge is 0.315 e. The molecular weight excluding hydrogens is 416 g/mol. The van der Waals surface area contributed by atoms with Crippen molar-refractivity contribution in [1.29, 1.82) is 0 Å². The fourth-order valence-corrected chi connectivity index (χ4v) is 4.69. The average molecular weight is 445 g/mol. The highest BCUT2D eigenvalue weighted by atomic mass is 32.2. The quantitative estimate of drug-likeness (QED) is 0.526. The molecule has 0 fully saturated rings. The van der Waals surface area contributed by atoms with Gasteiger partial charge >= 0.3 is 6.03 Å². The van der Waals surface area contributed by atoms with Crippen LogP contribution >= 0.6 is 0 Å². The van der Waals surface area contributed by atoms with E-state index < -0.39 is 10.0 Å². The van der Waals surface area contributed by atoms with Gasteiger partial charge in [-0.3, -0.25) is 0 Å². The first kappa shape index (κ1) is 22.7. The number of amides is 2. The molecule has 3 aromatic rings. The van der Waals surface area contributed by atoms with Crippen LogP contribution in [0.3, 0.4) is 0 Å². The first-order valence-corrected chi connectivity index (χ1v) is 11.7. The predicted octanol–water partition coefficient (Wildman–Crippen LogP) is 2.27. The molecule has 0 aliphatic heterocycles. The third kappa shape index (κ3) is 5.39. The van der Waals surface area contributed by atoms with Gasteiger partial charge in [0.1, 0.15) is 5.52 Å². The molecule has 0 saturated carbocycles. The fraction of sp³-hybridized carbons (Fsp3) is 0.381. The maximum atomic E-state index is 12.7. The van der Waals surface area contributed by atoms with E-state index in [1.165, 1.54) is 15.9 Å². The van der Waals surface area contributed by atoms with Crippen LogP contribution in [-0.4, -0.2) is 53.4 Å². The number of aromatic nitrogens is 3. The Kier molecular flexibility index (Phi) is 7.24. The first-order valence-electron chi connectivity index (χ1n) is 10.3. The number of carbonyl (C=O) groups is 1. The Balaban J connectivity index is 1.57. The predicted molar refractivity (Wildman–Crippen MR) is 119 cm³/mol. The zero-order chi connectivity index (χ0) is 22.4. The van der Waals surface area contributed by atoms with Gasteiger partial charge in [0.15, 0.2) is 0 Å². The van der Waals surface area contributed by atoms with E-state index in [-0.39, 0.29) is 10.9 Å². The third-order valence-electron chi connectivity index (χ3n) is 5.01. The molecule has 0 saturated heterocycles. The van der Waals surface area contributed by atoms with E-state index in [1.807, 2.05) is 31.2 Å². The molecule has 2 aromatic carbocycles. The number of nitrogens with one attached hydrogen (secondary N) is 2. The summed E-state index contributed by atoms with van der Waals surface area (Å²) < 4.78 is 28.4. The largest absolute Gasteiger partial charge is 0.336 e. The molecule has 31 heavy (non-hydrogen) atoms. The molecule has 10 heteroatoms. The second-order valence-corrected chi connectivity index (χ2v) is 9.09. The van der Waals surface area contributed by atoms with E-state index in [2.05, 4.69) is 20.9 Å². The van der Waals surface area contributed by atoms with Crippen LogP contribution < -0.4 is 10.6 Å². The number of sulfonamides is 1. The van der Waals surface area contributed by atoms with Crippen molar-refractivity contribution < 1.29 is 13.2 Å². The van der Waals surface area contributed by atoms with Gasteiger partial charge in [0.25, 0.3) is 0 Å². The molecule has 1 heterocycles. The van der Waals surface area contributed by atoms with Gasteiger partial charge in [-0.15, -0.1) is 5.10 Å². The molecule has 0 bridgehead atoms. The van der Waals surface area contributed by atoms with Gasteiger partial charge in [0.05, 0.1) is 17.0 Å². The Morgan fingerprint density at radius 3 is 2.45 bits per heavy atom. The molecule has 2 N–H and O–H groups in total. The van der Waals surface area contributed by atoms with Crippen molar-refractivity contribution in [3.05, 3.63) is 53.6 Å². The van der Waals surface area contributed by atoms with Crippen LogP contribution in [0.15, 0.2) is 47.4 Å². The number of rotatable bonds is 9. The monoisotopic (exact) mass is 444 g/mol. The summed E-state index contributed by atoms with van der Waals surface area (Å²) in [5, 5.41) is 13.8. The summed E-state index contributed by atoms with van der Waals surface area (Å²) in [5.74, 6) is 0. The lowest BCUT2D eigenvalue weighted by Gasteiger charge is -2.18. The minimum absolute atomic E-state index is 0.198. The van der Waals surface area contributed by atoms with E-state index in [0.717, 1.165) is 5.56 Å². The standard InChI is InChI=1S/C21H28N6O3S/c1-4-26(5-2)31(29,30)18-10-11-20-19(14-18)24-25-27(20)13-12-22-21(28)23-15-17-8-6-16(3)7-9-17/h6-11,14H,4-5,12-13,15H2,1-3H3,(H2,22,23,28). The van der Waals surface area contributed by atoms with Crippen molar-refractivity contribution in [3.8, 4) is 0 Å². The fourth-order valence-electron chi connectivity index (χ4n) is 3.22. The van der Waals surface area contributed by atoms with Crippen LogP contribution in [-0.2, 0) is 23.1 Å².